The Morgan fingerprint density at radius 1 is 1.00 bits per heavy atom. The van der Waals surface area contributed by atoms with E-state index in [1.807, 2.05) is 43.3 Å². The average Bonchev–Trinajstić information content (AvgIpc) is 2.66. The number of aryl methyl sites for hydroxylation is 2. The van der Waals surface area contributed by atoms with Crippen molar-refractivity contribution in [2.45, 2.75) is 31.7 Å². The molecule has 3 rings (SSSR count). The van der Waals surface area contributed by atoms with Gasteiger partial charge in [0.25, 0.3) is 0 Å². The average molecular weight is 397 g/mol. The fraction of sp³-hybridized carbons (Fsp3) is 0.238. The maximum absolute atomic E-state index is 11.5. The molecule has 0 saturated heterocycles. The molecule has 1 aromatic heterocycles. The molecule has 146 valence electrons. The first-order valence-corrected chi connectivity index (χ1v) is 10.9. The molecule has 0 aliphatic heterocycles. The van der Waals surface area contributed by atoms with E-state index in [2.05, 4.69) is 22.2 Å². The smallest absolute Gasteiger partial charge is 0.220 e. The summed E-state index contributed by atoms with van der Waals surface area (Å²) in [6.07, 6.45) is 1.99. The van der Waals surface area contributed by atoms with Gasteiger partial charge in [-0.3, -0.25) is 0 Å². The fourth-order valence-electron chi connectivity index (χ4n) is 3.10. The van der Waals surface area contributed by atoms with Crippen LogP contribution in [-0.2, 0) is 22.8 Å². The minimum atomic E-state index is -3.17. The molecule has 0 aliphatic carbocycles. The quantitative estimate of drug-likeness (QED) is 0.660. The Bertz CT molecular complexity index is 1080. The monoisotopic (exact) mass is 396 g/mol. The molecule has 0 saturated carbocycles. The van der Waals surface area contributed by atoms with Gasteiger partial charge in [-0.15, -0.1) is 0 Å². The third kappa shape index (κ3) is 4.48. The Balaban J connectivity index is 1.74. The molecule has 0 spiro atoms. The highest BCUT2D eigenvalue weighted by Gasteiger charge is 2.11. The summed E-state index contributed by atoms with van der Waals surface area (Å²) in [5.41, 5.74) is 11.6. The van der Waals surface area contributed by atoms with E-state index in [4.69, 9.17) is 5.73 Å². The van der Waals surface area contributed by atoms with E-state index in [0.29, 0.717) is 17.4 Å². The molecule has 0 unspecified atom stereocenters. The molecular weight excluding hydrogens is 372 g/mol. The van der Waals surface area contributed by atoms with Crippen molar-refractivity contribution in [3.63, 3.8) is 0 Å². The van der Waals surface area contributed by atoms with E-state index in [1.54, 1.807) is 12.1 Å². The number of rotatable bonds is 6. The Morgan fingerprint density at radius 3 is 2.21 bits per heavy atom. The molecule has 0 aliphatic rings. The van der Waals surface area contributed by atoms with Crippen LogP contribution in [0.25, 0.3) is 11.1 Å². The zero-order valence-electron chi connectivity index (χ0n) is 16.2. The van der Waals surface area contributed by atoms with Gasteiger partial charge in [-0.05, 0) is 48.7 Å². The van der Waals surface area contributed by atoms with Crippen molar-refractivity contribution in [1.29, 1.82) is 0 Å². The van der Waals surface area contributed by atoms with E-state index in [9.17, 15) is 8.42 Å². The topological polar surface area (TPSA) is 98.0 Å². The van der Waals surface area contributed by atoms with E-state index < -0.39 is 9.84 Å². The Hall–Kier alpha value is -2.93. The molecule has 1 heterocycles. The van der Waals surface area contributed by atoms with Gasteiger partial charge in [-0.2, -0.15) is 0 Å². The van der Waals surface area contributed by atoms with Gasteiger partial charge in [-0.1, -0.05) is 31.2 Å². The molecule has 7 heteroatoms. The summed E-state index contributed by atoms with van der Waals surface area (Å²) in [4.78, 5) is 8.98. The van der Waals surface area contributed by atoms with Crippen LogP contribution in [0.2, 0.25) is 0 Å². The summed E-state index contributed by atoms with van der Waals surface area (Å²) >= 11 is 0. The SMILES string of the molecule is CCc1nc(N)nc(C)c1-c1ccc(NCc2ccc(S(C)(=O)=O)cc2)cc1. The summed E-state index contributed by atoms with van der Waals surface area (Å²) in [7, 11) is -3.17. The van der Waals surface area contributed by atoms with Gasteiger partial charge in [0.05, 0.1) is 16.3 Å². The predicted molar refractivity (Wildman–Crippen MR) is 113 cm³/mol. The van der Waals surface area contributed by atoms with Crippen molar-refractivity contribution in [2.75, 3.05) is 17.3 Å². The maximum atomic E-state index is 11.5. The van der Waals surface area contributed by atoms with Crippen molar-refractivity contribution < 1.29 is 8.42 Å². The second-order valence-corrected chi connectivity index (χ2v) is 8.71. The number of sulfone groups is 1. The van der Waals surface area contributed by atoms with Crippen LogP contribution in [0, 0.1) is 6.92 Å². The van der Waals surface area contributed by atoms with Crippen LogP contribution in [0.5, 0.6) is 0 Å². The van der Waals surface area contributed by atoms with Crippen molar-refractivity contribution in [2.24, 2.45) is 0 Å². The first kappa shape index (κ1) is 19.8. The van der Waals surface area contributed by atoms with Crippen LogP contribution >= 0.6 is 0 Å². The largest absolute Gasteiger partial charge is 0.381 e. The van der Waals surface area contributed by atoms with E-state index >= 15 is 0 Å². The second kappa shape index (κ2) is 7.98. The highest BCUT2D eigenvalue weighted by molar-refractivity contribution is 7.90. The summed E-state index contributed by atoms with van der Waals surface area (Å²) < 4.78 is 23.1. The van der Waals surface area contributed by atoms with Crippen LogP contribution in [0.4, 0.5) is 11.6 Å². The predicted octanol–water partition coefficient (Wildman–Crippen LogP) is 3.61. The Morgan fingerprint density at radius 2 is 1.64 bits per heavy atom. The van der Waals surface area contributed by atoms with Crippen molar-refractivity contribution in [3.8, 4) is 11.1 Å². The maximum Gasteiger partial charge on any atom is 0.220 e. The van der Waals surface area contributed by atoms with Gasteiger partial charge in [0, 0.05) is 24.1 Å². The van der Waals surface area contributed by atoms with Gasteiger partial charge in [0.1, 0.15) is 0 Å². The third-order valence-electron chi connectivity index (χ3n) is 4.54. The lowest BCUT2D eigenvalue weighted by Crippen LogP contribution is -2.04. The standard InChI is InChI=1S/C21H24N4O2S/c1-4-19-20(14(2)24-21(22)25-19)16-7-9-17(10-8-16)23-13-15-5-11-18(12-6-15)28(3,26)27/h5-12,23H,4,13H2,1-3H3,(H2,22,24,25). The molecule has 28 heavy (non-hydrogen) atoms. The Labute approximate surface area is 165 Å². The molecule has 0 bridgehead atoms. The number of nitrogen functional groups attached to an aromatic ring is 1. The number of benzene rings is 2. The number of nitrogens with one attached hydrogen (secondary N) is 1. The Kier molecular flexibility index (Phi) is 5.65. The first-order valence-electron chi connectivity index (χ1n) is 9.04. The van der Waals surface area contributed by atoms with Crippen LogP contribution in [0.1, 0.15) is 23.9 Å². The number of hydrogen-bond donors (Lipinski definition) is 2. The second-order valence-electron chi connectivity index (χ2n) is 6.69. The van der Waals surface area contributed by atoms with Crippen LogP contribution in [0.15, 0.2) is 53.4 Å². The zero-order valence-corrected chi connectivity index (χ0v) is 17.0. The van der Waals surface area contributed by atoms with Crippen LogP contribution in [0.3, 0.4) is 0 Å². The molecular formula is C21H24N4O2S. The number of aromatic nitrogens is 2. The van der Waals surface area contributed by atoms with E-state index in [-0.39, 0.29) is 0 Å². The molecule has 0 amide bonds. The molecule has 6 nitrogen and oxygen atoms in total. The van der Waals surface area contributed by atoms with Gasteiger partial charge in [0.15, 0.2) is 9.84 Å². The summed E-state index contributed by atoms with van der Waals surface area (Å²) in [6.45, 7) is 4.60. The van der Waals surface area contributed by atoms with E-state index in [1.165, 1.54) is 6.26 Å². The first-order chi connectivity index (χ1) is 13.3. The molecule has 3 N–H and O–H groups in total. The number of anilines is 2. The molecule has 0 radical (unpaired) electrons. The number of hydrogen-bond acceptors (Lipinski definition) is 6. The fourth-order valence-corrected chi connectivity index (χ4v) is 3.73. The van der Waals surface area contributed by atoms with Gasteiger partial charge in [-0.25, -0.2) is 18.4 Å². The minimum absolute atomic E-state index is 0.304. The van der Waals surface area contributed by atoms with Crippen molar-refractivity contribution in [3.05, 3.63) is 65.5 Å². The molecule has 3 aromatic rings. The van der Waals surface area contributed by atoms with Crippen molar-refractivity contribution >= 4 is 21.5 Å². The third-order valence-corrected chi connectivity index (χ3v) is 5.67. The van der Waals surface area contributed by atoms with Crippen LogP contribution in [-0.4, -0.2) is 24.6 Å². The number of nitrogens with zero attached hydrogens (tertiary/aromatic N) is 2. The molecule has 0 atom stereocenters. The van der Waals surface area contributed by atoms with E-state index in [0.717, 1.165) is 40.2 Å². The van der Waals surface area contributed by atoms with Gasteiger partial charge < -0.3 is 11.1 Å². The number of nitrogens with two attached hydrogens (primary N) is 1. The van der Waals surface area contributed by atoms with Crippen LogP contribution < -0.4 is 11.1 Å². The highest BCUT2D eigenvalue weighted by atomic mass is 32.2. The highest BCUT2D eigenvalue weighted by Crippen LogP contribution is 2.27. The zero-order chi connectivity index (χ0) is 20.3. The van der Waals surface area contributed by atoms with Gasteiger partial charge in [0.2, 0.25) is 5.95 Å². The van der Waals surface area contributed by atoms with Gasteiger partial charge >= 0.3 is 0 Å². The minimum Gasteiger partial charge on any atom is -0.381 e. The normalized spacial score (nSPS) is 11.4. The summed E-state index contributed by atoms with van der Waals surface area (Å²) in [6, 6.07) is 15.0. The lowest BCUT2D eigenvalue weighted by Gasteiger charge is -2.12. The molecule has 2 aromatic carbocycles. The van der Waals surface area contributed by atoms with Crippen molar-refractivity contribution in [1.82, 2.24) is 9.97 Å². The summed E-state index contributed by atoms with van der Waals surface area (Å²) in [5, 5.41) is 3.35. The lowest BCUT2D eigenvalue weighted by atomic mass is 10.0. The summed E-state index contributed by atoms with van der Waals surface area (Å²) in [5.74, 6) is 0.304. The lowest BCUT2D eigenvalue weighted by molar-refractivity contribution is 0.602. The molecule has 0 fully saturated rings.